The fraction of sp³-hybridized carbons (Fsp3) is 0.500. The molecule has 3 amide bonds. The Kier molecular flexibility index (Phi) is 4.84. The third-order valence-electron chi connectivity index (χ3n) is 5.29. The lowest BCUT2D eigenvalue weighted by atomic mass is 9.75. The van der Waals surface area contributed by atoms with Crippen LogP contribution in [0.2, 0.25) is 5.02 Å². The number of rotatable bonds is 4. The van der Waals surface area contributed by atoms with Crippen molar-refractivity contribution in [2.75, 3.05) is 20.2 Å². The Morgan fingerprint density at radius 3 is 2.68 bits per heavy atom. The number of likely N-dealkylation sites (tertiary alicyclic amines) is 2. The first kappa shape index (κ1) is 17.9. The Morgan fingerprint density at radius 2 is 2.08 bits per heavy atom. The molecule has 1 N–H and O–H groups in total. The molecule has 0 spiro atoms. The molecule has 7 heteroatoms. The van der Waals surface area contributed by atoms with Gasteiger partial charge in [0.2, 0.25) is 17.7 Å². The van der Waals surface area contributed by atoms with E-state index in [9.17, 15) is 19.5 Å². The van der Waals surface area contributed by atoms with E-state index >= 15 is 0 Å². The van der Waals surface area contributed by atoms with Gasteiger partial charge in [0.15, 0.2) is 0 Å². The second-order valence-corrected chi connectivity index (χ2v) is 7.15. The first-order chi connectivity index (χ1) is 11.9. The van der Waals surface area contributed by atoms with E-state index in [1.54, 1.807) is 29.2 Å². The highest BCUT2D eigenvalue weighted by molar-refractivity contribution is 6.32. The third kappa shape index (κ3) is 2.93. The Bertz CT molecular complexity index is 723. The maximum absolute atomic E-state index is 12.9. The zero-order valence-electron chi connectivity index (χ0n) is 14.1. The van der Waals surface area contributed by atoms with Gasteiger partial charge in [-0.3, -0.25) is 19.3 Å². The van der Waals surface area contributed by atoms with Crippen molar-refractivity contribution in [1.82, 2.24) is 9.80 Å². The van der Waals surface area contributed by atoms with Crippen molar-refractivity contribution in [1.29, 1.82) is 0 Å². The third-order valence-corrected chi connectivity index (χ3v) is 5.62. The molecule has 2 saturated heterocycles. The van der Waals surface area contributed by atoms with Gasteiger partial charge in [-0.15, -0.1) is 0 Å². The van der Waals surface area contributed by atoms with Gasteiger partial charge in [0, 0.05) is 31.5 Å². The molecule has 2 aliphatic heterocycles. The number of aliphatic hydroxyl groups is 1. The highest BCUT2D eigenvalue weighted by Gasteiger charge is 2.54. The van der Waals surface area contributed by atoms with Crippen molar-refractivity contribution in [2.24, 2.45) is 0 Å². The number of halogens is 1. The number of carbonyl (C=O) groups excluding carboxylic acids is 3. The molecule has 134 valence electrons. The summed E-state index contributed by atoms with van der Waals surface area (Å²) >= 11 is 6.31. The molecule has 2 fully saturated rings. The maximum atomic E-state index is 12.9. The zero-order valence-corrected chi connectivity index (χ0v) is 14.8. The second kappa shape index (κ2) is 6.77. The van der Waals surface area contributed by atoms with E-state index in [-0.39, 0.29) is 37.3 Å². The first-order valence-corrected chi connectivity index (χ1v) is 8.75. The van der Waals surface area contributed by atoms with Gasteiger partial charge in [-0.05, 0) is 24.5 Å². The van der Waals surface area contributed by atoms with Gasteiger partial charge in [-0.1, -0.05) is 29.8 Å². The average molecular weight is 365 g/mol. The highest BCUT2D eigenvalue weighted by Crippen LogP contribution is 2.43. The summed E-state index contributed by atoms with van der Waals surface area (Å²) in [6.45, 7) is 0.457. The summed E-state index contributed by atoms with van der Waals surface area (Å²) in [6.07, 6.45) is 1.37. The van der Waals surface area contributed by atoms with Crippen LogP contribution in [0.4, 0.5) is 0 Å². The summed E-state index contributed by atoms with van der Waals surface area (Å²) < 4.78 is 0. The molecule has 0 bridgehead atoms. The largest absolute Gasteiger partial charge is 0.394 e. The van der Waals surface area contributed by atoms with E-state index in [1.165, 1.54) is 7.05 Å². The number of benzene rings is 1. The molecule has 0 aliphatic carbocycles. The molecule has 1 aromatic rings. The zero-order chi connectivity index (χ0) is 18.2. The van der Waals surface area contributed by atoms with Gasteiger partial charge < -0.3 is 10.0 Å². The topological polar surface area (TPSA) is 77.9 Å². The van der Waals surface area contributed by atoms with Crippen LogP contribution in [0.5, 0.6) is 0 Å². The van der Waals surface area contributed by atoms with Crippen molar-refractivity contribution in [2.45, 2.75) is 37.1 Å². The molecule has 0 radical (unpaired) electrons. The lowest BCUT2D eigenvalue weighted by molar-refractivity contribution is -0.142. The summed E-state index contributed by atoms with van der Waals surface area (Å²) in [4.78, 5) is 40.7. The number of hydrogen-bond acceptors (Lipinski definition) is 4. The summed E-state index contributed by atoms with van der Waals surface area (Å²) in [5.74, 6) is -0.954. The Labute approximate surface area is 151 Å². The summed E-state index contributed by atoms with van der Waals surface area (Å²) in [7, 11) is 1.43. The lowest BCUT2D eigenvalue weighted by Crippen LogP contribution is -2.45. The number of carbonyl (C=O) groups is 3. The minimum Gasteiger partial charge on any atom is -0.394 e. The molecule has 0 aromatic heterocycles. The SMILES string of the molecule is CN1C(=O)CC(CC(=O)N2CCC[C@H]2CO)(c2ccccc2Cl)C1=O. The minimum absolute atomic E-state index is 0.0740. The number of aliphatic hydroxyl groups excluding tert-OH is 1. The van der Waals surface area contributed by atoms with Gasteiger partial charge in [-0.25, -0.2) is 0 Å². The Balaban J connectivity index is 1.99. The van der Waals surface area contributed by atoms with E-state index in [1.807, 2.05) is 0 Å². The van der Waals surface area contributed by atoms with Gasteiger partial charge >= 0.3 is 0 Å². The smallest absolute Gasteiger partial charge is 0.240 e. The van der Waals surface area contributed by atoms with E-state index in [0.717, 1.165) is 17.7 Å². The van der Waals surface area contributed by atoms with Crippen LogP contribution < -0.4 is 0 Å². The second-order valence-electron chi connectivity index (χ2n) is 6.74. The number of amides is 3. The minimum atomic E-state index is -1.27. The molecule has 0 saturated carbocycles. The predicted octanol–water partition coefficient (Wildman–Crippen LogP) is 1.34. The van der Waals surface area contributed by atoms with Crippen LogP contribution in [0.25, 0.3) is 0 Å². The molecular weight excluding hydrogens is 344 g/mol. The van der Waals surface area contributed by atoms with Crippen LogP contribution in [-0.2, 0) is 19.8 Å². The highest BCUT2D eigenvalue weighted by atomic mass is 35.5. The summed E-state index contributed by atoms with van der Waals surface area (Å²) in [6, 6.07) is 6.63. The van der Waals surface area contributed by atoms with Gasteiger partial charge in [0.25, 0.3) is 0 Å². The van der Waals surface area contributed by atoms with Crippen molar-refractivity contribution in [3.8, 4) is 0 Å². The number of likely N-dealkylation sites (N-methyl/N-ethyl adjacent to an activating group) is 1. The molecular formula is C18H21ClN2O4. The van der Waals surface area contributed by atoms with Crippen molar-refractivity contribution in [3.05, 3.63) is 34.9 Å². The molecule has 3 rings (SSSR count). The van der Waals surface area contributed by atoms with Crippen LogP contribution in [0.15, 0.2) is 24.3 Å². The molecule has 25 heavy (non-hydrogen) atoms. The predicted molar refractivity (Wildman–Crippen MR) is 92.0 cm³/mol. The van der Waals surface area contributed by atoms with Crippen LogP contribution in [-0.4, -0.2) is 58.9 Å². The Morgan fingerprint density at radius 1 is 1.36 bits per heavy atom. The van der Waals surface area contributed by atoms with E-state index in [2.05, 4.69) is 0 Å². The quantitative estimate of drug-likeness (QED) is 0.818. The average Bonchev–Trinajstić information content (AvgIpc) is 3.15. The number of hydrogen-bond donors (Lipinski definition) is 1. The van der Waals surface area contributed by atoms with Crippen LogP contribution in [0, 0.1) is 0 Å². The number of nitrogens with zero attached hydrogens (tertiary/aromatic N) is 2. The van der Waals surface area contributed by atoms with E-state index in [4.69, 9.17) is 11.6 Å². The molecule has 2 atom stereocenters. The van der Waals surface area contributed by atoms with Crippen molar-refractivity contribution < 1.29 is 19.5 Å². The lowest BCUT2D eigenvalue weighted by Gasteiger charge is -2.31. The fourth-order valence-corrected chi connectivity index (χ4v) is 4.21. The number of imide groups is 1. The van der Waals surface area contributed by atoms with Gasteiger partial charge in [-0.2, -0.15) is 0 Å². The monoisotopic (exact) mass is 364 g/mol. The molecule has 2 heterocycles. The molecule has 1 unspecified atom stereocenters. The Hall–Kier alpha value is -1.92. The standard InChI is InChI=1S/C18H21ClN2O4/c1-20-15(23)9-18(17(20)25,13-6-2-3-7-14(13)19)10-16(24)21-8-4-5-12(21)11-22/h2-3,6-7,12,22H,4-5,8-11H2,1H3/t12-,18?/m0/s1. The van der Waals surface area contributed by atoms with E-state index < -0.39 is 11.3 Å². The van der Waals surface area contributed by atoms with Crippen LogP contribution in [0.1, 0.15) is 31.2 Å². The van der Waals surface area contributed by atoms with Gasteiger partial charge in [0.1, 0.15) is 0 Å². The maximum Gasteiger partial charge on any atom is 0.240 e. The van der Waals surface area contributed by atoms with Crippen molar-refractivity contribution in [3.63, 3.8) is 0 Å². The summed E-state index contributed by atoms with van der Waals surface area (Å²) in [5, 5.41) is 9.83. The molecule has 6 nitrogen and oxygen atoms in total. The van der Waals surface area contributed by atoms with Crippen molar-refractivity contribution >= 4 is 29.3 Å². The van der Waals surface area contributed by atoms with Gasteiger partial charge in [0.05, 0.1) is 18.1 Å². The normalized spacial score (nSPS) is 26.6. The van der Waals surface area contributed by atoms with E-state index in [0.29, 0.717) is 17.1 Å². The molecule has 1 aromatic carbocycles. The van der Waals surface area contributed by atoms with Crippen LogP contribution >= 0.6 is 11.6 Å². The summed E-state index contributed by atoms with van der Waals surface area (Å²) in [5.41, 5.74) is -0.767. The first-order valence-electron chi connectivity index (χ1n) is 8.37. The van der Waals surface area contributed by atoms with Crippen LogP contribution in [0.3, 0.4) is 0 Å². The fourth-order valence-electron chi connectivity index (χ4n) is 3.89. The molecule has 2 aliphatic rings.